The minimum atomic E-state index is -0.638. The number of fused-ring (bicyclic) bond motifs is 1. The third-order valence-corrected chi connectivity index (χ3v) is 3.27. The number of ketones is 1. The van der Waals surface area contributed by atoms with Crippen LogP contribution in [0.1, 0.15) is 32.4 Å². The second-order valence-electron chi connectivity index (χ2n) is 4.85. The summed E-state index contributed by atoms with van der Waals surface area (Å²) in [6.45, 7) is 2.84. The van der Waals surface area contributed by atoms with Crippen LogP contribution in [0.15, 0.2) is 39.3 Å². The molecule has 3 aromatic rings. The van der Waals surface area contributed by atoms with E-state index < -0.39 is 18.4 Å². The van der Waals surface area contributed by atoms with Crippen molar-refractivity contribution in [3.8, 4) is 0 Å². The number of hydrogen-bond acceptors (Lipinski definition) is 6. The predicted molar refractivity (Wildman–Crippen MR) is 76.8 cm³/mol. The van der Waals surface area contributed by atoms with Crippen molar-refractivity contribution in [1.82, 2.24) is 5.16 Å². The highest BCUT2D eigenvalue weighted by molar-refractivity contribution is 6.00. The van der Waals surface area contributed by atoms with Gasteiger partial charge in [-0.15, -0.1) is 0 Å². The van der Waals surface area contributed by atoms with Crippen molar-refractivity contribution in [1.29, 1.82) is 0 Å². The van der Waals surface area contributed by atoms with Crippen LogP contribution < -0.4 is 0 Å². The van der Waals surface area contributed by atoms with Crippen LogP contribution in [0.2, 0.25) is 0 Å². The highest BCUT2D eigenvalue weighted by Crippen LogP contribution is 2.19. The summed E-state index contributed by atoms with van der Waals surface area (Å²) < 4.78 is 15.3. The number of esters is 1. The third kappa shape index (κ3) is 2.50. The molecule has 0 atom stereocenters. The molecule has 2 heterocycles. The van der Waals surface area contributed by atoms with Crippen molar-refractivity contribution in [2.24, 2.45) is 0 Å². The number of furan rings is 1. The fourth-order valence-corrected chi connectivity index (χ4v) is 2.17. The van der Waals surface area contributed by atoms with Gasteiger partial charge in [0.25, 0.3) is 0 Å². The number of Topliss-reactive ketones (excluding diaryl/α,β-unsaturated/α-hetero) is 1. The van der Waals surface area contributed by atoms with E-state index in [9.17, 15) is 9.59 Å². The first-order valence-electron chi connectivity index (χ1n) is 6.68. The minimum absolute atomic E-state index is 0.160. The Kier molecular flexibility index (Phi) is 3.50. The summed E-state index contributed by atoms with van der Waals surface area (Å²) in [4.78, 5) is 24.0. The van der Waals surface area contributed by atoms with E-state index in [-0.39, 0.29) is 11.3 Å². The molecule has 0 N–H and O–H groups in total. The molecule has 0 fully saturated rings. The number of carbonyl (C=O) groups excluding carboxylic acids is 2. The molecule has 112 valence electrons. The van der Waals surface area contributed by atoms with Crippen molar-refractivity contribution < 1.29 is 23.3 Å². The van der Waals surface area contributed by atoms with Crippen LogP contribution in [0.4, 0.5) is 0 Å². The molecule has 0 bridgehead atoms. The van der Waals surface area contributed by atoms with Crippen molar-refractivity contribution >= 4 is 22.7 Å². The number of para-hydroxylation sites is 1. The molecule has 0 aliphatic heterocycles. The average molecular weight is 299 g/mol. The molecule has 2 aromatic heterocycles. The molecular weight excluding hydrogens is 286 g/mol. The zero-order valence-corrected chi connectivity index (χ0v) is 12.1. The Morgan fingerprint density at radius 3 is 2.68 bits per heavy atom. The van der Waals surface area contributed by atoms with Crippen molar-refractivity contribution in [2.45, 2.75) is 13.8 Å². The van der Waals surface area contributed by atoms with Gasteiger partial charge in [-0.2, -0.15) is 0 Å². The molecule has 0 radical (unpaired) electrons. The van der Waals surface area contributed by atoms with Crippen molar-refractivity contribution in [3.63, 3.8) is 0 Å². The monoisotopic (exact) mass is 299 g/mol. The zero-order valence-electron chi connectivity index (χ0n) is 12.1. The number of aromatic nitrogens is 1. The van der Waals surface area contributed by atoms with Crippen LogP contribution in [0.25, 0.3) is 11.0 Å². The van der Waals surface area contributed by atoms with Crippen molar-refractivity contribution in [3.05, 3.63) is 53.1 Å². The standard InChI is InChI=1S/C16H13NO5/c1-9-15(10(2)22-17-9)16(19)20-8-12(18)14-7-11-5-3-4-6-13(11)21-14/h3-7H,8H2,1-2H3. The van der Waals surface area contributed by atoms with Crippen molar-refractivity contribution in [2.75, 3.05) is 6.61 Å². The lowest BCUT2D eigenvalue weighted by Crippen LogP contribution is -2.14. The predicted octanol–water partition coefficient (Wildman–Crippen LogP) is 3.08. The maximum absolute atomic E-state index is 12.0. The van der Waals surface area contributed by atoms with Crippen LogP contribution in [0, 0.1) is 13.8 Å². The van der Waals surface area contributed by atoms with Crippen LogP contribution in [-0.2, 0) is 4.74 Å². The number of rotatable bonds is 4. The van der Waals surface area contributed by atoms with Gasteiger partial charge in [-0.25, -0.2) is 4.79 Å². The molecule has 1 aromatic carbocycles. The first kappa shape index (κ1) is 14.1. The maximum atomic E-state index is 12.0. The number of benzene rings is 1. The molecular formula is C16H13NO5. The molecule has 0 saturated heterocycles. The van der Waals surface area contributed by atoms with E-state index in [4.69, 9.17) is 13.7 Å². The van der Waals surface area contributed by atoms with Gasteiger partial charge in [0.2, 0.25) is 5.78 Å². The van der Waals surface area contributed by atoms with Gasteiger partial charge >= 0.3 is 5.97 Å². The molecule has 0 aliphatic carbocycles. The smallest absolute Gasteiger partial charge is 0.344 e. The van der Waals surface area contributed by atoms with Gasteiger partial charge in [0.1, 0.15) is 16.9 Å². The molecule has 0 unspecified atom stereocenters. The zero-order chi connectivity index (χ0) is 15.7. The average Bonchev–Trinajstić information content (AvgIpc) is 3.08. The second kappa shape index (κ2) is 5.48. The molecule has 0 spiro atoms. The van der Waals surface area contributed by atoms with E-state index in [1.54, 1.807) is 26.0 Å². The van der Waals surface area contributed by atoms with Crippen LogP contribution in [0.3, 0.4) is 0 Å². The van der Waals surface area contributed by atoms with E-state index in [1.807, 2.05) is 18.2 Å². The van der Waals surface area contributed by atoms with Gasteiger partial charge in [0, 0.05) is 5.39 Å². The summed E-state index contributed by atoms with van der Waals surface area (Å²) in [5.41, 5.74) is 1.29. The number of hydrogen-bond donors (Lipinski definition) is 0. The molecule has 6 nitrogen and oxygen atoms in total. The number of ether oxygens (including phenoxy) is 1. The third-order valence-electron chi connectivity index (χ3n) is 3.27. The first-order chi connectivity index (χ1) is 10.6. The minimum Gasteiger partial charge on any atom is -0.453 e. The second-order valence-corrected chi connectivity index (χ2v) is 4.85. The number of nitrogens with zero attached hydrogens (tertiary/aromatic N) is 1. The molecule has 22 heavy (non-hydrogen) atoms. The maximum Gasteiger partial charge on any atom is 0.344 e. The van der Waals surface area contributed by atoms with Gasteiger partial charge in [-0.1, -0.05) is 23.4 Å². The first-order valence-corrected chi connectivity index (χ1v) is 6.68. The SMILES string of the molecule is Cc1noc(C)c1C(=O)OCC(=O)c1cc2ccccc2o1. The normalized spacial score (nSPS) is 10.8. The van der Waals surface area contributed by atoms with Gasteiger partial charge in [-0.3, -0.25) is 4.79 Å². The van der Waals surface area contributed by atoms with Crippen LogP contribution in [0.5, 0.6) is 0 Å². The summed E-state index contributed by atoms with van der Waals surface area (Å²) in [5.74, 6) is -0.525. The fourth-order valence-electron chi connectivity index (χ4n) is 2.17. The summed E-state index contributed by atoms with van der Waals surface area (Å²) >= 11 is 0. The highest BCUT2D eigenvalue weighted by Gasteiger charge is 2.21. The van der Waals surface area contributed by atoms with Gasteiger partial charge < -0.3 is 13.7 Å². The molecule has 0 aliphatic rings. The summed E-state index contributed by atoms with van der Waals surface area (Å²) in [7, 11) is 0. The van der Waals surface area contributed by atoms with Crippen LogP contribution in [-0.4, -0.2) is 23.5 Å². The van der Waals surface area contributed by atoms with Crippen LogP contribution >= 0.6 is 0 Å². The largest absolute Gasteiger partial charge is 0.453 e. The Morgan fingerprint density at radius 1 is 1.23 bits per heavy atom. The molecule has 0 amide bonds. The highest BCUT2D eigenvalue weighted by atomic mass is 16.5. The fraction of sp³-hybridized carbons (Fsp3) is 0.188. The Labute approximate surface area is 125 Å². The van der Waals surface area contributed by atoms with E-state index in [1.165, 1.54) is 0 Å². The molecule has 0 saturated carbocycles. The lowest BCUT2D eigenvalue weighted by Gasteiger charge is -2.02. The van der Waals surface area contributed by atoms with E-state index >= 15 is 0 Å². The van der Waals surface area contributed by atoms with Gasteiger partial charge in [0.05, 0.1) is 5.69 Å². The summed E-state index contributed by atoms with van der Waals surface area (Å²) in [5, 5.41) is 4.49. The topological polar surface area (TPSA) is 82.5 Å². The molecule has 3 rings (SSSR count). The number of carbonyl (C=O) groups is 2. The Bertz CT molecular complexity index is 806. The van der Waals surface area contributed by atoms with E-state index in [0.717, 1.165) is 5.39 Å². The van der Waals surface area contributed by atoms with E-state index in [0.29, 0.717) is 17.0 Å². The lowest BCUT2D eigenvalue weighted by atomic mass is 10.2. The summed E-state index contributed by atoms with van der Waals surface area (Å²) in [6.07, 6.45) is 0. The van der Waals surface area contributed by atoms with E-state index in [2.05, 4.69) is 5.16 Å². The molecule has 6 heteroatoms. The quantitative estimate of drug-likeness (QED) is 0.544. The summed E-state index contributed by atoms with van der Waals surface area (Å²) in [6, 6.07) is 8.90. The Morgan fingerprint density at radius 2 is 2.00 bits per heavy atom. The number of aryl methyl sites for hydroxylation is 2. The van der Waals surface area contributed by atoms with Gasteiger partial charge in [-0.05, 0) is 26.0 Å². The van der Waals surface area contributed by atoms with Gasteiger partial charge in [0.15, 0.2) is 12.4 Å². The Hall–Kier alpha value is -2.89. The Balaban J connectivity index is 1.71. The lowest BCUT2D eigenvalue weighted by molar-refractivity contribution is 0.0466.